The molecule has 0 aliphatic rings. The van der Waals surface area contributed by atoms with Gasteiger partial charge in [0.1, 0.15) is 5.65 Å². The summed E-state index contributed by atoms with van der Waals surface area (Å²) in [5, 5.41) is 12.6. The Kier molecular flexibility index (Phi) is 3.10. The van der Waals surface area contributed by atoms with Crippen LogP contribution in [0.5, 0.6) is 0 Å². The van der Waals surface area contributed by atoms with Gasteiger partial charge in [0, 0.05) is 11.9 Å². The summed E-state index contributed by atoms with van der Waals surface area (Å²) in [6.45, 7) is 4.01. The standard InChI is InChI=1S/C16H15N3O2/c1-10-6-5-7-12(11(10)2)17-15-14(16(20)21)19-9-4-3-8-13(19)18-15/h3-9,17H,1-2H3,(H,20,21). The third kappa shape index (κ3) is 2.23. The maximum atomic E-state index is 11.5. The van der Waals surface area contributed by atoms with Crippen LogP contribution in [0, 0.1) is 13.8 Å². The number of hydrogen-bond donors (Lipinski definition) is 2. The number of nitrogens with one attached hydrogen (secondary N) is 1. The maximum Gasteiger partial charge on any atom is 0.356 e. The Labute approximate surface area is 121 Å². The molecule has 0 fully saturated rings. The molecule has 21 heavy (non-hydrogen) atoms. The fourth-order valence-corrected chi connectivity index (χ4v) is 2.30. The number of aromatic carboxylic acids is 1. The highest BCUT2D eigenvalue weighted by Crippen LogP contribution is 2.25. The Balaban J connectivity index is 2.14. The molecule has 3 aromatic rings. The number of nitrogens with zero attached hydrogens (tertiary/aromatic N) is 2. The fourth-order valence-electron chi connectivity index (χ4n) is 2.30. The molecule has 2 heterocycles. The van der Waals surface area contributed by atoms with Crippen molar-refractivity contribution in [1.82, 2.24) is 9.38 Å². The van der Waals surface area contributed by atoms with Crippen molar-refractivity contribution in [3.8, 4) is 0 Å². The van der Waals surface area contributed by atoms with E-state index in [2.05, 4.69) is 10.3 Å². The van der Waals surface area contributed by atoms with E-state index in [9.17, 15) is 9.90 Å². The summed E-state index contributed by atoms with van der Waals surface area (Å²) in [6.07, 6.45) is 1.69. The van der Waals surface area contributed by atoms with Crippen LogP contribution in [-0.4, -0.2) is 20.5 Å². The van der Waals surface area contributed by atoms with Gasteiger partial charge in [0.2, 0.25) is 0 Å². The van der Waals surface area contributed by atoms with Crippen LogP contribution in [0.25, 0.3) is 5.65 Å². The van der Waals surface area contributed by atoms with E-state index >= 15 is 0 Å². The number of carboxylic acids is 1. The van der Waals surface area contributed by atoms with Gasteiger partial charge in [-0.25, -0.2) is 9.78 Å². The molecule has 106 valence electrons. The van der Waals surface area contributed by atoms with Gasteiger partial charge in [-0.3, -0.25) is 4.40 Å². The number of fused-ring (bicyclic) bond motifs is 1. The van der Waals surface area contributed by atoms with Crippen molar-refractivity contribution in [3.63, 3.8) is 0 Å². The number of carboxylic acid groups (broad SMARTS) is 1. The molecule has 1 aromatic carbocycles. The zero-order chi connectivity index (χ0) is 15.0. The zero-order valence-electron chi connectivity index (χ0n) is 11.8. The van der Waals surface area contributed by atoms with Crippen molar-refractivity contribution in [2.75, 3.05) is 5.32 Å². The van der Waals surface area contributed by atoms with E-state index in [1.165, 1.54) is 0 Å². The monoisotopic (exact) mass is 281 g/mol. The van der Waals surface area contributed by atoms with E-state index in [4.69, 9.17) is 0 Å². The van der Waals surface area contributed by atoms with Crippen molar-refractivity contribution in [2.24, 2.45) is 0 Å². The van der Waals surface area contributed by atoms with Crippen LogP contribution in [0.2, 0.25) is 0 Å². The van der Waals surface area contributed by atoms with Crippen LogP contribution < -0.4 is 5.32 Å². The number of aryl methyl sites for hydroxylation is 1. The predicted molar refractivity (Wildman–Crippen MR) is 81.4 cm³/mol. The van der Waals surface area contributed by atoms with E-state index in [0.29, 0.717) is 11.5 Å². The van der Waals surface area contributed by atoms with Gasteiger partial charge in [-0.05, 0) is 43.2 Å². The van der Waals surface area contributed by atoms with Crippen molar-refractivity contribution >= 4 is 23.1 Å². The predicted octanol–water partition coefficient (Wildman–Crippen LogP) is 3.39. The van der Waals surface area contributed by atoms with Crippen molar-refractivity contribution < 1.29 is 9.90 Å². The summed E-state index contributed by atoms with van der Waals surface area (Å²) in [6, 6.07) is 11.3. The second kappa shape index (κ2) is 4.94. The highest BCUT2D eigenvalue weighted by atomic mass is 16.4. The third-order valence-corrected chi connectivity index (χ3v) is 3.59. The van der Waals surface area contributed by atoms with Crippen LogP contribution in [0.3, 0.4) is 0 Å². The van der Waals surface area contributed by atoms with Crippen LogP contribution in [0.1, 0.15) is 21.6 Å². The van der Waals surface area contributed by atoms with Crippen LogP contribution >= 0.6 is 0 Å². The molecule has 0 amide bonds. The number of hydrogen-bond acceptors (Lipinski definition) is 3. The first-order valence-corrected chi connectivity index (χ1v) is 6.61. The lowest BCUT2D eigenvalue weighted by Crippen LogP contribution is -2.06. The van der Waals surface area contributed by atoms with Gasteiger partial charge in [-0.1, -0.05) is 18.2 Å². The average molecular weight is 281 g/mol. The smallest absolute Gasteiger partial charge is 0.356 e. The van der Waals surface area contributed by atoms with Gasteiger partial charge in [0.05, 0.1) is 0 Å². The van der Waals surface area contributed by atoms with Gasteiger partial charge in [0.25, 0.3) is 0 Å². The number of benzene rings is 1. The van der Waals surface area contributed by atoms with Gasteiger partial charge >= 0.3 is 5.97 Å². The molecule has 2 N–H and O–H groups in total. The van der Waals surface area contributed by atoms with Crippen molar-refractivity contribution in [2.45, 2.75) is 13.8 Å². The Morgan fingerprint density at radius 2 is 2.00 bits per heavy atom. The summed E-state index contributed by atoms with van der Waals surface area (Å²) in [5.41, 5.74) is 3.81. The molecular formula is C16H15N3O2. The molecule has 0 bridgehead atoms. The van der Waals surface area contributed by atoms with Gasteiger partial charge < -0.3 is 10.4 Å². The lowest BCUT2D eigenvalue weighted by molar-refractivity contribution is 0.0690. The van der Waals surface area contributed by atoms with Gasteiger partial charge in [0.15, 0.2) is 11.5 Å². The Hall–Kier alpha value is -2.82. The maximum absolute atomic E-state index is 11.5. The van der Waals surface area contributed by atoms with E-state index in [-0.39, 0.29) is 5.69 Å². The molecule has 0 aliphatic carbocycles. The molecule has 0 atom stereocenters. The average Bonchev–Trinajstić information content (AvgIpc) is 2.82. The number of rotatable bonds is 3. The Morgan fingerprint density at radius 3 is 2.76 bits per heavy atom. The quantitative estimate of drug-likeness (QED) is 0.772. The second-order valence-electron chi connectivity index (χ2n) is 4.92. The molecule has 0 radical (unpaired) electrons. The first-order chi connectivity index (χ1) is 10.1. The molecular weight excluding hydrogens is 266 g/mol. The van der Waals surface area contributed by atoms with E-state index in [1.807, 2.05) is 38.1 Å². The van der Waals surface area contributed by atoms with Crippen molar-refractivity contribution in [1.29, 1.82) is 0 Å². The van der Waals surface area contributed by atoms with Crippen LogP contribution in [-0.2, 0) is 0 Å². The summed E-state index contributed by atoms with van der Waals surface area (Å²) in [5.74, 6) is -0.663. The molecule has 0 spiro atoms. The summed E-state index contributed by atoms with van der Waals surface area (Å²) in [4.78, 5) is 15.9. The summed E-state index contributed by atoms with van der Waals surface area (Å²) < 4.78 is 1.57. The topological polar surface area (TPSA) is 66.6 Å². The largest absolute Gasteiger partial charge is 0.476 e. The lowest BCUT2D eigenvalue weighted by atomic mass is 10.1. The first kappa shape index (κ1) is 13.2. The number of aromatic nitrogens is 2. The minimum absolute atomic E-state index is 0.131. The molecule has 0 unspecified atom stereocenters. The van der Waals surface area contributed by atoms with Crippen LogP contribution in [0.15, 0.2) is 42.6 Å². The second-order valence-corrected chi connectivity index (χ2v) is 4.92. The minimum Gasteiger partial charge on any atom is -0.476 e. The molecule has 0 saturated carbocycles. The first-order valence-electron chi connectivity index (χ1n) is 6.61. The summed E-state index contributed by atoms with van der Waals surface area (Å²) in [7, 11) is 0. The minimum atomic E-state index is -1.01. The number of imidazole rings is 1. The molecule has 2 aromatic heterocycles. The lowest BCUT2D eigenvalue weighted by Gasteiger charge is -2.10. The fraction of sp³-hybridized carbons (Fsp3) is 0.125. The number of pyridine rings is 1. The normalized spacial score (nSPS) is 10.8. The number of carbonyl (C=O) groups is 1. The molecule has 5 nitrogen and oxygen atoms in total. The molecule has 3 rings (SSSR count). The number of anilines is 2. The highest BCUT2D eigenvalue weighted by Gasteiger charge is 2.18. The summed E-state index contributed by atoms with van der Waals surface area (Å²) >= 11 is 0. The SMILES string of the molecule is Cc1cccc(Nc2nc3ccccn3c2C(=O)O)c1C. The van der Waals surface area contributed by atoms with E-state index in [1.54, 1.807) is 22.7 Å². The zero-order valence-corrected chi connectivity index (χ0v) is 11.8. The van der Waals surface area contributed by atoms with Crippen LogP contribution in [0.4, 0.5) is 11.5 Å². The molecule has 5 heteroatoms. The Morgan fingerprint density at radius 1 is 1.19 bits per heavy atom. The van der Waals surface area contributed by atoms with Gasteiger partial charge in [-0.2, -0.15) is 0 Å². The van der Waals surface area contributed by atoms with E-state index in [0.717, 1.165) is 16.8 Å². The molecule has 0 aliphatic heterocycles. The molecule has 0 saturated heterocycles. The van der Waals surface area contributed by atoms with Crippen molar-refractivity contribution in [3.05, 3.63) is 59.4 Å². The third-order valence-electron chi connectivity index (χ3n) is 3.59. The Bertz CT molecular complexity index is 837. The van der Waals surface area contributed by atoms with E-state index < -0.39 is 5.97 Å². The van der Waals surface area contributed by atoms with Gasteiger partial charge in [-0.15, -0.1) is 0 Å². The highest BCUT2D eigenvalue weighted by molar-refractivity contribution is 5.94.